The maximum Gasteiger partial charge on any atom is 0.326 e. The molecule has 0 radical (unpaired) electrons. The molecule has 5 aromatic rings. The highest BCUT2D eigenvalue weighted by Gasteiger charge is 2.42. The lowest BCUT2D eigenvalue weighted by molar-refractivity contribution is -0.146. The third-order valence-corrected chi connectivity index (χ3v) is 19.9. The van der Waals surface area contributed by atoms with E-state index < -0.39 is 192 Å². The number of carbonyl (C=O) groups excluding carboxylic acids is 12. The van der Waals surface area contributed by atoms with Crippen molar-refractivity contribution in [3.05, 3.63) is 161 Å². The van der Waals surface area contributed by atoms with Crippen molar-refractivity contribution in [1.29, 1.82) is 0 Å². The van der Waals surface area contributed by atoms with E-state index >= 15 is 0 Å². The van der Waals surface area contributed by atoms with Gasteiger partial charge in [0.2, 0.25) is 70.9 Å². The van der Waals surface area contributed by atoms with Gasteiger partial charge in [-0.15, -0.1) is 0 Å². The van der Waals surface area contributed by atoms with E-state index in [0.29, 0.717) is 40.7 Å². The number of hydrogen-bond acceptors (Lipinski definition) is 22. The molecule has 1 saturated heterocycles. The highest BCUT2D eigenvalue weighted by molar-refractivity contribution is 7.80. The molecule has 0 aliphatic carbocycles. The summed E-state index contributed by atoms with van der Waals surface area (Å²) < 4.78 is 0. The minimum Gasteiger partial charge on any atom is -0.508 e. The van der Waals surface area contributed by atoms with Crippen LogP contribution in [0.2, 0.25) is 0 Å². The number of likely N-dealkylation sites (tertiary alicyclic amines) is 1. The van der Waals surface area contributed by atoms with Crippen molar-refractivity contribution >= 4 is 114 Å². The lowest BCUT2D eigenvalue weighted by Gasteiger charge is -2.30. The molecule has 0 bridgehead atoms. The molecule has 5 aromatic carbocycles. The number of aliphatic carboxylic acids is 3. The normalized spacial score (nSPS) is 15.8. The molecule has 1 heterocycles. The van der Waals surface area contributed by atoms with Gasteiger partial charge in [-0.05, 0) is 122 Å². The molecule has 626 valence electrons. The van der Waals surface area contributed by atoms with Crippen LogP contribution in [0.15, 0.2) is 133 Å². The van der Waals surface area contributed by atoms with Crippen LogP contribution < -0.4 is 70.0 Å². The summed E-state index contributed by atoms with van der Waals surface area (Å²) in [5, 5.41) is 87.1. The first-order valence-electron chi connectivity index (χ1n) is 37.6. The molecule has 116 heavy (non-hydrogen) atoms. The summed E-state index contributed by atoms with van der Waals surface area (Å²) in [4.78, 5) is 209. The van der Waals surface area contributed by atoms with Crippen LogP contribution in [0.3, 0.4) is 0 Å². The van der Waals surface area contributed by atoms with Crippen molar-refractivity contribution in [2.45, 2.75) is 183 Å². The summed E-state index contributed by atoms with van der Waals surface area (Å²) >= 11 is 8.42. The van der Waals surface area contributed by atoms with Gasteiger partial charge < -0.3 is 105 Å². The Bertz CT molecular complexity index is 4210. The number of nitrogens with two attached hydrogens (primary N) is 2. The molecule has 6 rings (SSSR count). The van der Waals surface area contributed by atoms with Crippen molar-refractivity contribution < 1.29 is 103 Å². The topological polar surface area (TPSA) is 565 Å². The highest BCUT2D eigenvalue weighted by atomic mass is 32.1. The number of carboxylic acid groups (broad SMARTS) is 3. The second-order valence-electron chi connectivity index (χ2n) is 28.1. The van der Waals surface area contributed by atoms with Gasteiger partial charge in [0.1, 0.15) is 89.8 Å². The van der Waals surface area contributed by atoms with E-state index in [1.165, 1.54) is 67.6 Å². The summed E-state index contributed by atoms with van der Waals surface area (Å²) in [7, 11) is 0. The standard InChI is InChI=1S/C79H102N14O21S2/c1-4-43(2)66(92-73(107)57(36-46-16-9-6-10-17-46)85-74(108)61(41-115)90-68(102)53(81)34-47-20-26-50(94)27-21-47)77(111)87-56(35-45-14-7-5-8-15-45)71(105)83-54(18-11-12-32-80)69(103)84-55(37-48-22-28-51(95)29-23-48)70(104)82-44(3)67(101)88-59(40-65(99)100)78(112)93-33-13-19-63(93)76(110)86-58(39-64(97)98)72(106)91-62(42-116)75(109)89-60(79(113)114)38-49-24-30-52(96)31-25-49/h5-10,14-17,20-31,43-44,53-63,66,94-96,115-116H,4,11-13,18-19,32-42,80-81H2,1-3H3,(H,82,104)(H,83,105)(H,84,103)(H,85,108)(H,86,110)(H,87,111)(H,88,101)(H,89,109)(H,90,102)(H,91,106)(H,92,107)(H,97,98)(H,99,100)(H,113,114)/t43-,44-,53-,54-,55-,56-,57-,58-,59-,60-,61-,62-,63-,66-/m0/s1. The number of rotatable bonds is 46. The molecule has 0 saturated carbocycles. The number of carboxylic acids is 3. The van der Waals surface area contributed by atoms with Gasteiger partial charge in [-0.3, -0.25) is 67.1 Å². The van der Waals surface area contributed by atoms with E-state index in [0.717, 1.165) is 4.90 Å². The molecule has 12 amide bonds. The van der Waals surface area contributed by atoms with Crippen molar-refractivity contribution in [2.75, 3.05) is 24.6 Å². The highest BCUT2D eigenvalue weighted by Crippen LogP contribution is 2.22. The zero-order valence-electron chi connectivity index (χ0n) is 64.1. The molecule has 0 spiro atoms. The van der Waals surface area contributed by atoms with E-state index in [1.807, 2.05) is 0 Å². The van der Waals surface area contributed by atoms with Crippen LogP contribution >= 0.6 is 25.3 Å². The first kappa shape index (κ1) is 93.0. The number of nitrogens with one attached hydrogen (secondary N) is 11. The first-order valence-corrected chi connectivity index (χ1v) is 38.9. The predicted molar refractivity (Wildman–Crippen MR) is 428 cm³/mol. The molecular formula is C79H102N14O21S2. The summed E-state index contributed by atoms with van der Waals surface area (Å²) in [5.41, 5.74) is 14.7. The summed E-state index contributed by atoms with van der Waals surface area (Å²) in [5.74, 6) is -18.0. The molecule has 21 N–H and O–H groups in total. The fourth-order valence-corrected chi connectivity index (χ4v) is 13.0. The van der Waals surface area contributed by atoms with Crippen LogP contribution in [0.4, 0.5) is 0 Å². The average Bonchev–Trinajstić information content (AvgIpc) is 1.69. The number of carbonyl (C=O) groups is 15. The Morgan fingerprint density at radius 1 is 0.422 bits per heavy atom. The molecule has 1 aliphatic rings. The Balaban J connectivity index is 1.18. The third-order valence-electron chi connectivity index (χ3n) is 19.2. The molecule has 1 fully saturated rings. The quantitative estimate of drug-likeness (QED) is 0.0165. The molecule has 14 atom stereocenters. The number of hydrogen-bond donors (Lipinski definition) is 21. The van der Waals surface area contributed by atoms with Gasteiger partial charge in [-0.25, -0.2) is 4.79 Å². The SMILES string of the molecule is CC[C@H](C)[C@H](NC(=O)[C@H](Cc1ccccc1)NC(=O)[C@H](CS)NC(=O)[C@@H](N)Cc1ccc(O)cc1)C(=O)N[C@@H](Cc1ccccc1)C(=O)N[C@@H](CCCCN)C(=O)N[C@@H](Cc1ccc(O)cc1)C(=O)N[C@@H](C)C(=O)N[C@@H](CC(=O)O)C(=O)N1CCC[C@H]1C(=O)N[C@@H](CC(=O)O)C(=O)N[C@@H](CS)C(=O)N[C@@H](Cc1ccc(O)cc1)C(=O)O. The van der Waals surface area contributed by atoms with Crippen molar-refractivity contribution in [3.63, 3.8) is 0 Å². The van der Waals surface area contributed by atoms with Crippen molar-refractivity contribution in [1.82, 2.24) is 63.4 Å². The fraction of sp³-hybridized carbons (Fsp3) is 0.430. The van der Waals surface area contributed by atoms with Gasteiger partial charge in [-0.2, -0.15) is 25.3 Å². The number of unbranched alkanes of at least 4 members (excludes halogenated alkanes) is 1. The van der Waals surface area contributed by atoms with Crippen LogP contribution in [-0.4, -0.2) is 227 Å². The van der Waals surface area contributed by atoms with Crippen LogP contribution in [-0.2, 0) is 104 Å². The van der Waals surface area contributed by atoms with Gasteiger partial charge in [0.15, 0.2) is 0 Å². The fourth-order valence-electron chi connectivity index (χ4n) is 12.5. The number of amides is 12. The van der Waals surface area contributed by atoms with Gasteiger partial charge in [0.25, 0.3) is 0 Å². The maximum absolute atomic E-state index is 15.0. The first-order chi connectivity index (χ1) is 55.2. The number of benzene rings is 5. The number of phenols is 3. The number of nitrogens with zero attached hydrogens (tertiary/aromatic N) is 1. The van der Waals surface area contributed by atoms with Crippen molar-refractivity contribution in [2.24, 2.45) is 17.4 Å². The largest absolute Gasteiger partial charge is 0.508 e. The van der Waals surface area contributed by atoms with Crippen LogP contribution in [0.1, 0.15) is 100.0 Å². The Morgan fingerprint density at radius 3 is 1.25 bits per heavy atom. The second kappa shape index (κ2) is 46.5. The number of aromatic hydroxyl groups is 3. The number of thiol groups is 2. The monoisotopic (exact) mass is 1650 g/mol. The van der Waals surface area contributed by atoms with Crippen LogP contribution in [0.25, 0.3) is 0 Å². The molecule has 0 unspecified atom stereocenters. The number of phenolic OH excluding ortho intramolecular Hbond substituents is 3. The van der Waals surface area contributed by atoms with Crippen molar-refractivity contribution in [3.8, 4) is 17.2 Å². The van der Waals surface area contributed by atoms with E-state index in [4.69, 9.17) is 11.5 Å². The van der Waals surface area contributed by atoms with E-state index in [1.54, 1.807) is 86.6 Å². The minimum absolute atomic E-state index is 0.00882. The maximum atomic E-state index is 15.0. The Kier molecular flexibility index (Phi) is 37.3. The van der Waals surface area contributed by atoms with Gasteiger partial charge in [-0.1, -0.05) is 117 Å². The van der Waals surface area contributed by atoms with E-state index in [9.17, 15) is 103 Å². The smallest absolute Gasteiger partial charge is 0.326 e. The zero-order valence-corrected chi connectivity index (χ0v) is 65.9. The second-order valence-corrected chi connectivity index (χ2v) is 28.9. The van der Waals surface area contributed by atoms with Gasteiger partial charge in [0.05, 0.1) is 18.9 Å². The van der Waals surface area contributed by atoms with Crippen LogP contribution in [0, 0.1) is 5.92 Å². The van der Waals surface area contributed by atoms with Gasteiger partial charge in [0, 0.05) is 43.7 Å². The summed E-state index contributed by atoms with van der Waals surface area (Å²) in [6.45, 7) is 4.53. The van der Waals surface area contributed by atoms with E-state index in [2.05, 4.69) is 83.7 Å². The zero-order chi connectivity index (χ0) is 85.3. The molecule has 1 aliphatic heterocycles. The molecule has 0 aromatic heterocycles. The Labute approximate surface area is 680 Å². The van der Waals surface area contributed by atoms with Crippen LogP contribution in [0.5, 0.6) is 17.2 Å². The predicted octanol–water partition coefficient (Wildman–Crippen LogP) is -0.944. The third kappa shape index (κ3) is 29.9. The average molecular weight is 1650 g/mol. The summed E-state index contributed by atoms with van der Waals surface area (Å²) in [6.07, 6.45) is -2.25. The van der Waals surface area contributed by atoms with E-state index in [-0.39, 0.29) is 93.9 Å². The molecule has 35 nitrogen and oxygen atoms in total. The summed E-state index contributed by atoms with van der Waals surface area (Å²) in [6, 6.07) is 14.1. The minimum atomic E-state index is -1.95. The molecular weight excluding hydrogens is 1550 g/mol. The van der Waals surface area contributed by atoms with Gasteiger partial charge >= 0.3 is 17.9 Å². The Hall–Kier alpha value is -11.8. The lowest BCUT2D eigenvalue weighted by atomic mass is 9.96. The Morgan fingerprint density at radius 2 is 0.793 bits per heavy atom. The lowest BCUT2D eigenvalue weighted by Crippen LogP contribution is -2.62. The molecule has 37 heteroatoms.